The average Bonchev–Trinajstić information content (AvgIpc) is 2.62. The first-order valence-corrected chi connectivity index (χ1v) is 7.92. The van der Waals surface area contributed by atoms with E-state index in [9.17, 15) is 4.79 Å². The van der Waals surface area contributed by atoms with Crippen LogP contribution in [0.25, 0.3) is 6.08 Å². The predicted molar refractivity (Wildman–Crippen MR) is 94.6 cm³/mol. The summed E-state index contributed by atoms with van der Waals surface area (Å²) in [6.45, 7) is 1.26. The SMILES string of the molecule is COc1ccc(C=CC(=O)N2CC(Nc3ncccn3)C2)cc1OC. The maximum absolute atomic E-state index is 12.2. The summed E-state index contributed by atoms with van der Waals surface area (Å²) in [6, 6.07) is 7.46. The van der Waals surface area contributed by atoms with Crippen LogP contribution in [0.15, 0.2) is 42.7 Å². The minimum Gasteiger partial charge on any atom is -0.493 e. The van der Waals surface area contributed by atoms with Crippen LogP contribution in [0.2, 0.25) is 0 Å². The molecule has 1 aliphatic heterocycles. The zero-order valence-corrected chi connectivity index (χ0v) is 14.2. The van der Waals surface area contributed by atoms with Crippen LogP contribution in [0.1, 0.15) is 5.56 Å². The Bertz CT molecular complexity index is 758. The Morgan fingerprint density at radius 2 is 1.92 bits per heavy atom. The predicted octanol–water partition coefficient (Wildman–Crippen LogP) is 1.83. The summed E-state index contributed by atoms with van der Waals surface area (Å²) in [5, 5.41) is 3.19. The molecule has 1 saturated heterocycles. The highest BCUT2D eigenvalue weighted by Crippen LogP contribution is 2.28. The van der Waals surface area contributed by atoms with Gasteiger partial charge in [-0.15, -0.1) is 0 Å². The molecule has 130 valence electrons. The lowest BCUT2D eigenvalue weighted by atomic mass is 10.1. The number of nitrogens with zero attached hydrogens (tertiary/aromatic N) is 3. The summed E-state index contributed by atoms with van der Waals surface area (Å²) in [4.78, 5) is 22.2. The summed E-state index contributed by atoms with van der Waals surface area (Å²) in [5.74, 6) is 1.85. The van der Waals surface area contributed by atoms with E-state index >= 15 is 0 Å². The number of methoxy groups -OCH3 is 2. The number of nitrogens with one attached hydrogen (secondary N) is 1. The van der Waals surface area contributed by atoms with E-state index in [-0.39, 0.29) is 11.9 Å². The van der Waals surface area contributed by atoms with Crippen LogP contribution in [-0.2, 0) is 4.79 Å². The Morgan fingerprint density at radius 3 is 2.60 bits per heavy atom. The topological polar surface area (TPSA) is 76.6 Å². The molecular formula is C18H20N4O3. The maximum Gasteiger partial charge on any atom is 0.246 e. The van der Waals surface area contributed by atoms with Gasteiger partial charge in [0, 0.05) is 31.6 Å². The van der Waals surface area contributed by atoms with E-state index < -0.39 is 0 Å². The van der Waals surface area contributed by atoms with E-state index in [1.807, 2.05) is 18.2 Å². The number of anilines is 1. The number of amides is 1. The van der Waals surface area contributed by atoms with Gasteiger partial charge in [-0.05, 0) is 29.8 Å². The highest BCUT2D eigenvalue weighted by molar-refractivity contribution is 5.92. The largest absolute Gasteiger partial charge is 0.493 e. The summed E-state index contributed by atoms with van der Waals surface area (Å²) >= 11 is 0. The summed E-state index contributed by atoms with van der Waals surface area (Å²) in [7, 11) is 3.17. The van der Waals surface area contributed by atoms with Gasteiger partial charge >= 0.3 is 0 Å². The van der Waals surface area contributed by atoms with Gasteiger partial charge in [0.25, 0.3) is 0 Å². The Kier molecular flexibility index (Phi) is 5.13. The molecule has 0 aliphatic carbocycles. The van der Waals surface area contributed by atoms with Crippen molar-refractivity contribution in [3.05, 3.63) is 48.3 Å². The summed E-state index contributed by atoms with van der Waals surface area (Å²) < 4.78 is 10.5. The van der Waals surface area contributed by atoms with Crippen LogP contribution >= 0.6 is 0 Å². The summed E-state index contributed by atoms with van der Waals surface area (Å²) in [5.41, 5.74) is 0.874. The van der Waals surface area contributed by atoms with Gasteiger partial charge in [0.15, 0.2) is 11.5 Å². The first-order valence-electron chi connectivity index (χ1n) is 7.92. The molecule has 1 aromatic heterocycles. The number of rotatable bonds is 6. The number of hydrogen-bond donors (Lipinski definition) is 1. The smallest absolute Gasteiger partial charge is 0.246 e. The van der Waals surface area contributed by atoms with Crippen molar-refractivity contribution in [2.75, 3.05) is 32.6 Å². The molecule has 0 bridgehead atoms. The molecule has 7 heteroatoms. The summed E-state index contributed by atoms with van der Waals surface area (Å²) in [6.07, 6.45) is 6.70. The number of likely N-dealkylation sites (tertiary alicyclic amines) is 1. The average molecular weight is 340 g/mol. The molecule has 3 rings (SSSR count). The molecule has 1 aromatic carbocycles. The van der Waals surface area contributed by atoms with E-state index in [1.165, 1.54) is 0 Å². The quantitative estimate of drug-likeness (QED) is 0.809. The van der Waals surface area contributed by atoms with E-state index in [0.717, 1.165) is 5.56 Å². The first kappa shape index (κ1) is 16.8. The molecule has 0 spiro atoms. The van der Waals surface area contributed by atoms with Crippen LogP contribution in [-0.4, -0.2) is 54.1 Å². The second-order valence-corrected chi connectivity index (χ2v) is 5.60. The zero-order valence-electron chi connectivity index (χ0n) is 14.2. The number of ether oxygens (including phenoxy) is 2. The lowest BCUT2D eigenvalue weighted by molar-refractivity contribution is -0.129. The number of aromatic nitrogens is 2. The second kappa shape index (κ2) is 7.65. The third kappa shape index (κ3) is 4.06. The molecular weight excluding hydrogens is 320 g/mol. The molecule has 2 heterocycles. The minimum absolute atomic E-state index is 0.0261. The highest BCUT2D eigenvalue weighted by atomic mass is 16.5. The molecule has 1 aliphatic rings. The third-order valence-corrected chi connectivity index (χ3v) is 3.92. The highest BCUT2D eigenvalue weighted by Gasteiger charge is 2.29. The van der Waals surface area contributed by atoms with Gasteiger partial charge in [0.05, 0.1) is 20.3 Å². The van der Waals surface area contributed by atoms with Crippen molar-refractivity contribution < 1.29 is 14.3 Å². The molecule has 0 radical (unpaired) electrons. The van der Waals surface area contributed by atoms with Crippen molar-refractivity contribution in [1.82, 2.24) is 14.9 Å². The van der Waals surface area contributed by atoms with Crippen molar-refractivity contribution in [1.29, 1.82) is 0 Å². The van der Waals surface area contributed by atoms with Gasteiger partial charge in [-0.1, -0.05) is 6.07 Å². The number of hydrogen-bond acceptors (Lipinski definition) is 6. The fourth-order valence-corrected chi connectivity index (χ4v) is 2.54. The van der Waals surface area contributed by atoms with Crippen molar-refractivity contribution in [3.8, 4) is 11.5 Å². The van der Waals surface area contributed by atoms with Gasteiger partial charge in [-0.25, -0.2) is 9.97 Å². The Hall–Kier alpha value is -3.09. The second-order valence-electron chi connectivity index (χ2n) is 5.60. The van der Waals surface area contributed by atoms with Crippen molar-refractivity contribution in [2.45, 2.75) is 6.04 Å². The number of carbonyl (C=O) groups excluding carboxylic acids is 1. The molecule has 0 atom stereocenters. The van der Waals surface area contributed by atoms with E-state index in [2.05, 4.69) is 15.3 Å². The normalized spacial score (nSPS) is 14.2. The molecule has 25 heavy (non-hydrogen) atoms. The number of carbonyl (C=O) groups is 1. The fraction of sp³-hybridized carbons (Fsp3) is 0.278. The van der Waals surface area contributed by atoms with Gasteiger partial charge in [-0.3, -0.25) is 4.79 Å². The van der Waals surface area contributed by atoms with Crippen LogP contribution in [0.4, 0.5) is 5.95 Å². The van der Waals surface area contributed by atoms with E-state index in [1.54, 1.807) is 49.7 Å². The number of benzene rings is 1. The zero-order chi connectivity index (χ0) is 17.6. The van der Waals surface area contributed by atoms with Crippen LogP contribution in [0.5, 0.6) is 11.5 Å². The standard InChI is InChI=1S/C18H20N4O3/c1-24-15-6-4-13(10-16(15)25-2)5-7-17(23)22-11-14(12-22)21-18-19-8-3-9-20-18/h3-10,14H,11-12H2,1-2H3,(H,19,20,21). The van der Waals surface area contributed by atoms with E-state index in [0.29, 0.717) is 30.5 Å². The molecule has 1 amide bonds. The minimum atomic E-state index is -0.0261. The Balaban J connectivity index is 1.52. The molecule has 0 unspecified atom stereocenters. The van der Waals surface area contributed by atoms with Gasteiger partial charge in [-0.2, -0.15) is 0 Å². The molecule has 2 aromatic rings. The van der Waals surface area contributed by atoms with Crippen LogP contribution < -0.4 is 14.8 Å². The lowest BCUT2D eigenvalue weighted by Crippen LogP contribution is -2.56. The molecule has 0 saturated carbocycles. The van der Waals surface area contributed by atoms with Gasteiger partial charge < -0.3 is 19.7 Å². The van der Waals surface area contributed by atoms with Crippen molar-refractivity contribution >= 4 is 17.9 Å². The van der Waals surface area contributed by atoms with Crippen LogP contribution in [0, 0.1) is 0 Å². The fourth-order valence-electron chi connectivity index (χ4n) is 2.54. The Morgan fingerprint density at radius 1 is 1.20 bits per heavy atom. The first-order chi connectivity index (χ1) is 12.2. The Labute approximate surface area is 146 Å². The van der Waals surface area contributed by atoms with Crippen molar-refractivity contribution in [2.24, 2.45) is 0 Å². The van der Waals surface area contributed by atoms with Gasteiger partial charge in [0.1, 0.15) is 0 Å². The molecule has 7 nitrogen and oxygen atoms in total. The van der Waals surface area contributed by atoms with Crippen molar-refractivity contribution in [3.63, 3.8) is 0 Å². The molecule has 1 fully saturated rings. The molecule has 1 N–H and O–H groups in total. The van der Waals surface area contributed by atoms with E-state index in [4.69, 9.17) is 9.47 Å². The third-order valence-electron chi connectivity index (χ3n) is 3.92. The maximum atomic E-state index is 12.2. The lowest BCUT2D eigenvalue weighted by Gasteiger charge is -2.38. The van der Waals surface area contributed by atoms with Crippen LogP contribution in [0.3, 0.4) is 0 Å². The van der Waals surface area contributed by atoms with Gasteiger partial charge in [0.2, 0.25) is 11.9 Å². The monoisotopic (exact) mass is 340 g/mol.